The third-order valence-corrected chi connectivity index (χ3v) is 1.72. The summed E-state index contributed by atoms with van der Waals surface area (Å²) in [4.78, 5) is 11.1. The molecule has 0 aliphatic carbocycles. The molecule has 0 saturated heterocycles. The zero-order valence-electron chi connectivity index (χ0n) is 9.40. The summed E-state index contributed by atoms with van der Waals surface area (Å²) < 4.78 is 4.80. The molecule has 0 fully saturated rings. The van der Waals surface area contributed by atoms with E-state index in [-0.39, 0.29) is 0 Å². The molecular weight excluding hydrogens is 212 g/mol. The minimum Gasteiger partial charge on any atom is -0.431 e. The van der Waals surface area contributed by atoms with Gasteiger partial charge in [-0.15, -0.1) is 0 Å². The van der Waals surface area contributed by atoms with Gasteiger partial charge in [-0.05, 0) is 6.08 Å². The second-order valence-electron chi connectivity index (χ2n) is 3.05. The zero-order valence-corrected chi connectivity index (χ0v) is 9.40. The molecule has 1 aliphatic heterocycles. The van der Waals surface area contributed by atoms with Gasteiger partial charge in [0.2, 0.25) is 0 Å². The number of carbonyl (C=O) groups excluding carboxylic acids is 1. The molecule has 0 unspecified atom stereocenters. The summed E-state index contributed by atoms with van der Waals surface area (Å²) in [5.74, 6) is -0.397. The number of cyclic esters (lactones) is 1. The Morgan fingerprint density at radius 2 is 1.00 bits per heavy atom. The van der Waals surface area contributed by atoms with Gasteiger partial charge in [0.25, 0.3) is 0 Å². The molecule has 0 saturated carbocycles. The van der Waals surface area contributed by atoms with Crippen molar-refractivity contribution < 1.29 is 9.53 Å². The van der Waals surface area contributed by atoms with Crippen molar-refractivity contribution in [3.63, 3.8) is 0 Å². The molecule has 2 nitrogen and oxygen atoms in total. The molecule has 1 aliphatic rings. The molecule has 0 radical (unpaired) electrons. The van der Waals surface area contributed by atoms with Crippen LogP contribution in [0.15, 0.2) is 85.3 Å². The summed E-state index contributed by atoms with van der Waals surface area (Å²) >= 11 is 0. The lowest BCUT2D eigenvalue weighted by molar-refractivity contribution is -0.132. The van der Waals surface area contributed by atoms with E-state index < -0.39 is 5.97 Å². The van der Waals surface area contributed by atoms with Gasteiger partial charge in [0.05, 0.1) is 6.26 Å². The van der Waals surface area contributed by atoms with Gasteiger partial charge in [0.1, 0.15) is 0 Å². The topological polar surface area (TPSA) is 26.3 Å². The average Bonchev–Trinajstić information content (AvgIpc) is 2.32. The van der Waals surface area contributed by atoms with Crippen molar-refractivity contribution in [3.8, 4) is 0 Å². The highest BCUT2D eigenvalue weighted by Crippen LogP contribution is 1.89. The van der Waals surface area contributed by atoms with Gasteiger partial charge in [-0.2, -0.15) is 0 Å². The third kappa shape index (κ3) is 7.56. The lowest BCUT2D eigenvalue weighted by Gasteiger charge is -1.89. The van der Waals surface area contributed by atoms with Crippen LogP contribution in [0, 0.1) is 0 Å². The standard InChI is InChI=1S/C15H14O2/c16-15-13-11-9-7-5-3-1-2-4-6-8-10-12-14-17-15/h1-14H/b2-1-,5-3-,6-4-,9-7+,10-8-,13-11-,14-12-. The molecular formula is C15H14O2. The summed E-state index contributed by atoms with van der Waals surface area (Å²) in [6.45, 7) is 0. The Labute approximate surface area is 101 Å². The molecule has 0 aromatic carbocycles. The maximum absolute atomic E-state index is 11.1. The van der Waals surface area contributed by atoms with Crippen molar-refractivity contribution in [2.45, 2.75) is 0 Å². The average molecular weight is 226 g/mol. The van der Waals surface area contributed by atoms with Crippen LogP contribution in [-0.2, 0) is 9.53 Å². The monoisotopic (exact) mass is 226 g/mol. The van der Waals surface area contributed by atoms with Gasteiger partial charge in [0.15, 0.2) is 0 Å². The number of carbonyl (C=O) groups is 1. The highest BCUT2D eigenvalue weighted by molar-refractivity contribution is 5.82. The van der Waals surface area contributed by atoms with E-state index in [1.165, 1.54) is 12.3 Å². The van der Waals surface area contributed by atoms with Gasteiger partial charge in [-0.3, -0.25) is 0 Å². The van der Waals surface area contributed by atoms with Crippen LogP contribution >= 0.6 is 0 Å². The van der Waals surface area contributed by atoms with Crippen molar-refractivity contribution in [2.24, 2.45) is 0 Å². The lowest BCUT2D eigenvalue weighted by Crippen LogP contribution is -1.92. The Morgan fingerprint density at radius 3 is 1.53 bits per heavy atom. The molecule has 2 heteroatoms. The van der Waals surface area contributed by atoms with Crippen molar-refractivity contribution in [1.82, 2.24) is 0 Å². The lowest BCUT2D eigenvalue weighted by atomic mass is 10.3. The number of hydrogen-bond acceptors (Lipinski definition) is 2. The molecule has 0 bridgehead atoms. The summed E-state index contributed by atoms with van der Waals surface area (Å²) in [6, 6.07) is 0. The maximum atomic E-state index is 11.1. The van der Waals surface area contributed by atoms with E-state index in [9.17, 15) is 4.79 Å². The van der Waals surface area contributed by atoms with Crippen LogP contribution in [0.3, 0.4) is 0 Å². The second-order valence-corrected chi connectivity index (χ2v) is 3.05. The van der Waals surface area contributed by atoms with E-state index in [1.54, 1.807) is 24.3 Å². The van der Waals surface area contributed by atoms with Crippen LogP contribution in [0.5, 0.6) is 0 Å². The van der Waals surface area contributed by atoms with Gasteiger partial charge in [-0.25, -0.2) is 4.79 Å². The number of hydrogen-bond donors (Lipinski definition) is 0. The van der Waals surface area contributed by atoms with Gasteiger partial charge < -0.3 is 4.74 Å². The largest absolute Gasteiger partial charge is 0.431 e. The fourth-order valence-corrected chi connectivity index (χ4v) is 0.967. The molecule has 0 amide bonds. The SMILES string of the molecule is O=C1\C=C/C=C/C=C\C=C/C=C\C=C/C=C\O1. The number of esters is 1. The molecule has 0 aromatic rings. The molecule has 0 N–H and O–H groups in total. The van der Waals surface area contributed by atoms with Crippen LogP contribution < -0.4 is 0 Å². The van der Waals surface area contributed by atoms with Crippen LogP contribution in [-0.4, -0.2) is 5.97 Å². The highest BCUT2D eigenvalue weighted by atomic mass is 16.5. The molecule has 86 valence electrons. The van der Waals surface area contributed by atoms with Gasteiger partial charge in [-0.1, -0.05) is 66.8 Å². The highest BCUT2D eigenvalue weighted by Gasteiger charge is 1.89. The van der Waals surface area contributed by atoms with E-state index in [0.29, 0.717) is 0 Å². The Bertz CT molecular complexity index is 430. The Morgan fingerprint density at radius 1 is 0.588 bits per heavy atom. The van der Waals surface area contributed by atoms with Crippen LogP contribution in [0.2, 0.25) is 0 Å². The number of allylic oxidation sites excluding steroid dienone is 12. The van der Waals surface area contributed by atoms with E-state index in [0.717, 1.165) is 0 Å². The molecule has 1 rings (SSSR count). The summed E-state index contributed by atoms with van der Waals surface area (Å²) in [7, 11) is 0. The predicted molar refractivity (Wildman–Crippen MR) is 70.1 cm³/mol. The fraction of sp³-hybridized carbons (Fsp3) is 0. The Balaban J connectivity index is 2.70. The van der Waals surface area contributed by atoms with Crippen LogP contribution in [0.1, 0.15) is 0 Å². The first-order valence-corrected chi connectivity index (χ1v) is 5.27. The first-order valence-electron chi connectivity index (χ1n) is 5.27. The van der Waals surface area contributed by atoms with Crippen molar-refractivity contribution in [1.29, 1.82) is 0 Å². The quantitative estimate of drug-likeness (QED) is 0.592. The van der Waals surface area contributed by atoms with E-state index in [4.69, 9.17) is 4.74 Å². The van der Waals surface area contributed by atoms with Crippen LogP contribution in [0.4, 0.5) is 0 Å². The maximum Gasteiger partial charge on any atom is 0.335 e. The van der Waals surface area contributed by atoms with Gasteiger partial charge in [0, 0.05) is 6.08 Å². The number of ether oxygens (including phenoxy) is 1. The van der Waals surface area contributed by atoms with Crippen molar-refractivity contribution >= 4 is 5.97 Å². The predicted octanol–water partition coefficient (Wildman–Crippen LogP) is 3.39. The van der Waals surface area contributed by atoms with Gasteiger partial charge >= 0.3 is 5.97 Å². The van der Waals surface area contributed by atoms with E-state index in [1.807, 2.05) is 48.6 Å². The molecule has 1 heterocycles. The summed E-state index contributed by atoms with van der Waals surface area (Å²) in [6.07, 6.45) is 24.7. The first-order chi connectivity index (χ1) is 8.39. The molecule has 0 aromatic heterocycles. The molecule has 0 atom stereocenters. The summed E-state index contributed by atoms with van der Waals surface area (Å²) in [5.41, 5.74) is 0. The molecule has 17 heavy (non-hydrogen) atoms. The Hall–Kier alpha value is -2.35. The zero-order chi connectivity index (χ0) is 12.2. The van der Waals surface area contributed by atoms with E-state index >= 15 is 0 Å². The third-order valence-electron chi connectivity index (χ3n) is 1.72. The normalized spacial score (nSPS) is 29.5. The minimum absolute atomic E-state index is 0.397. The summed E-state index contributed by atoms with van der Waals surface area (Å²) in [5, 5.41) is 0. The molecule has 0 spiro atoms. The second kappa shape index (κ2) is 8.92. The fourth-order valence-electron chi connectivity index (χ4n) is 0.967. The van der Waals surface area contributed by atoms with Crippen molar-refractivity contribution in [2.75, 3.05) is 0 Å². The number of rotatable bonds is 0. The van der Waals surface area contributed by atoms with Crippen molar-refractivity contribution in [3.05, 3.63) is 85.3 Å². The first kappa shape index (κ1) is 12.7. The Kier molecular flexibility index (Phi) is 6.67. The van der Waals surface area contributed by atoms with Crippen LogP contribution in [0.25, 0.3) is 0 Å². The van der Waals surface area contributed by atoms with E-state index in [2.05, 4.69) is 0 Å². The minimum atomic E-state index is -0.397. The smallest absolute Gasteiger partial charge is 0.335 e.